The molecule has 2 aliphatic heterocycles. The average Bonchev–Trinajstić information content (AvgIpc) is 3.36. The molecule has 0 spiro atoms. The van der Waals surface area contributed by atoms with Crippen molar-refractivity contribution in [1.29, 1.82) is 0 Å². The average molecular weight is 511 g/mol. The van der Waals surface area contributed by atoms with Crippen LogP contribution in [-0.2, 0) is 14.6 Å². The van der Waals surface area contributed by atoms with Crippen molar-refractivity contribution in [3.63, 3.8) is 0 Å². The Morgan fingerprint density at radius 3 is 2.67 bits per heavy atom. The van der Waals surface area contributed by atoms with Gasteiger partial charge in [0.15, 0.2) is 15.8 Å². The fourth-order valence-corrected chi connectivity index (χ4v) is 7.30. The number of ether oxygens (including phenoxy) is 1. The van der Waals surface area contributed by atoms with Crippen LogP contribution in [0, 0.1) is 23.7 Å². The number of guanidine groups is 1. The van der Waals surface area contributed by atoms with Gasteiger partial charge in [-0.25, -0.2) is 8.42 Å². The van der Waals surface area contributed by atoms with Crippen LogP contribution in [-0.4, -0.2) is 70.2 Å². The first-order valence-electron chi connectivity index (χ1n) is 10.3. The zero-order valence-corrected chi connectivity index (χ0v) is 19.5. The van der Waals surface area contributed by atoms with Crippen molar-refractivity contribution in [3.05, 3.63) is 0 Å². The highest BCUT2D eigenvalue weighted by atomic mass is 127. The minimum atomic E-state index is -2.83. The number of nitrogens with one attached hydrogen (secondary N) is 1. The van der Waals surface area contributed by atoms with Crippen LogP contribution in [0.15, 0.2) is 4.99 Å². The van der Waals surface area contributed by atoms with Gasteiger partial charge in [-0.15, -0.1) is 24.0 Å². The predicted molar refractivity (Wildman–Crippen MR) is 118 cm³/mol. The molecule has 5 unspecified atom stereocenters. The molecular formula is C19H34IN3O3S. The molecule has 2 heterocycles. The van der Waals surface area contributed by atoms with E-state index < -0.39 is 9.84 Å². The van der Waals surface area contributed by atoms with Gasteiger partial charge < -0.3 is 15.0 Å². The molecule has 0 radical (unpaired) electrons. The van der Waals surface area contributed by atoms with Crippen LogP contribution >= 0.6 is 24.0 Å². The molecule has 6 nitrogen and oxygen atoms in total. The van der Waals surface area contributed by atoms with Crippen molar-refractivity contribution in [2.75, 3.05) is 44.9 Å². The van der Waals surface area contributed by atoms with E-state index in [-0.39, 0.29) is 29.9 Å². The summed E-state index contributed by atoms with van der Waals surface area (Å²) in [5, 5.41) is 3.78. The third kappa shape index (κ3) is 5.29. The lowest BCUT2D eigenvalue weighted by Gasteiger charge is -2.29. The highest BCUT2D eigenvalue weighted by Gasteiger charge is 2.40. The number of nitrogens with zero attached hydrogens (tertiary/aromatic N) is 2. The van der Waals surface area contributed by atoms with Crippen molar-refractivity contribution in [3.8, 4) is 0 Å². The lowest BCUT2D eigenvalue weighted by atomic mass is 9.95. The molecule has 27 heavy (non-hydrogen) atoms. The maximum absolute atomic E-state index is 11.7. The van der Waals surface area contributed by atoms with Crippen LogP contribution in [0.5, 0.6) is 0 Å². The predicted octanol–water partition coefficient (Wildman–Crippen LogP) is 2.14. The quantitative estimate of drug-likeness (QED) is 0.348. The van der Waals surface area contributed by atoms with Gasteiger partial charge in [0.1, 0.15) is 0 Å². The highest BCUT2D eigenvalue weighted by molar-refractivity contribution is 14.0. The third-order valence-electron chi connectivity index (χ3n) is 6.87. The number of rotatable bonds is 5. The minimum Gasteiger partial charge on any atom is -0.384 e. The zero-order chi connectivity index (χ0) is 18.1. The molecule has 0 aromatic heterocycles. The van der Waals surface area contributed by atoms with Gasteiger partial charge in [0.2, 0.25) is 0 Å². The van der Waals surface area contributed by atoms with Crippen molar-refractivity contribution in [1.82, 2.24) is 10.2 Å². The van der Waals surface area contributed by atoms with E-state index in [4.69, 9.17) is 9.73 Å². The largest absolute Gasteiger partial charge is 0.384 e. The van der Waals surface area contributed by atoms with E-state index in [0.717, 1.165) is 50.3 Å². The summed E-state index contributed by atoms with van der Waals surface area (Å²) in [5.74, 6) is 4.12. The molecule has 0 aromatic rings. The van der Waals surface area contributed by atoms with Crippen molar-refractivity contribution in [2.24, 2.45) is 28.7 Å². The number of likely N-dealkylation sites (tertiary alicyclic amines) is 1. The molecule has 0 amide bonds. The van der Waals surface area contributed by atoms with Gasteiger partial charge in [-0.3, -0.25) is 4.99 Å². The summed E-state index contributed by atoms with van der Waals surface area (Å²) < 4.78 is 28.8. The van der Waals surface area contributed by atoms with Crippen LogP contribution in [0.25, 0.3) is 0 Å². The Hall–Kier alpha value is -0.0900. The molecule has 2 saturated carbocycles. The van der Waals surface area contributed by atoms with Gasteiger partial charge in [-0.05, 0) is 49.9 Å². The van der Waals surface area contributed by atoms with E-state index in [0.29, 0.717) is 30.0 Å². The topological polar surface area (TPSA) is 71.0 Å². The van der Waals surface area contributed by atoms with E-state index in [1.807, 2.05) is 0 Å². The molecule has 2 aliphatic carbocycles. The van der Waals surface area contributed by atoms with E-state index in [9.17, 15) is 8.42 Å². The summed E-state index contributed by atoms with van der Waals surface area (Å²) in [4.78, 5) is 7.30. The van der Waals surface area contributed by atoms with Crippen LogP contribution < -0.4 is 5.32 Å². The van der Waals surface area contributed by atoms with Crippen LogP contribution in [0.1, 0.15) is 38.5 Å². The van der Waals surface area contributed by atoms with Gasteiger partial charge in [-0.2, -0.15) is 0 Å². The Kier molecular flexibility index (Phi) is 7.33. The van der Waals surface area contributed by atoms with Gasteiger partial charge in [0, 0.05) is 38.7 Å². The third-order valence-corrected chi connectivity index (χ3v) is 8.70. The first kappa shape index (κ1) is 21.6. The SMILES string of the molecule is COCC1CCN(C(=NCC2CCS(=O)(=O)C2)NC2CC3CCC2C3)C1.I. The van der Waals surface area contributed by atoms with Crippen molar-refractivity contribution < 1.29 is 13.2 Å². The molecule has 156 valence electrons. The smallest absolute Gasteiger partial charge is 0.194 e. The summed E-state index contributed by atoms with van der Waals surface area (Å²) in [5.41, 5.74) is 0. The molecule has 8 heteroatoms. The fraction of sp³-hybridized carbons (Fsp3) is 0.947. The van der Waals surface area contributed by atoms with Gasteiger partial charge in [-0.1, -0.05) is 6.42 Å². The highest BCUT2D eigenvalue weighted by Crippen LogP contribution is 2.44. The summed E-state index contributed by atoms with van der Waals surface area (Å²) in [6, 6.07) is 0.557. The number of fused-ring (bicyclic) bond motifs is 2. The zero-order valence-electron chi connectivity index (χ0n) is 16.3. The molecule has 2 bridgehead atoms. The molecule has 4 aliphatic rings. The van der Waals surface area contributed by atoms with Crippen LogP contribution in [0.3, 0.4) is 0 Å². The summed E-state index contributed by atoms with van der Waals surface area (Å²) >= 11 is 0. The molecule has 0 aromatic carbocycles. The first-order chi connectivity index (χ1) is 12.5. The second-order valence-electron chi connectivity index (χ2n) is 8.92. The monoisotopic (exact) mass is 511 g/mol. The molecule has 1 N–H and O–H groups in total. The van der Waals surface area contributed by atoms with E-state index in [1.165, 1.54) is 25.7 Å². The molecule has 4 rings (SSSR count). The number of aliphatic imine (C=N–C) groups is 1. The summed E-state index contributed by atoms with van der Waals surface area (Å²) in [6.45, 7) is 3.44. The molecule has 4 fully saturated rings. The fourth-order valence-electron chi connectivity index (χ4n) is 5.45. The van der Waals surface area contributed by atoms with Crippen LogP contribution in [0.2, 0.25) is 0 Å². The number of sulfone groups is 1. The normalized spacial score (nSPS) is 37.6. The Morgan fingerprint density at radius 1 is 1.19 bits per heavy atom. The summed E-state index contributed by atoms with van der Waals surface area (Å²) in [7, 11) is -1.06. The summed E-state index contributed by atoms with van der Waals surface area (Å²) in [6.07, 6.45) is 7.30. The van der Waals surface area contributed by atoms with Crippen molar-refractivity contribution >= 4 is 39.8 Å². The number of halogens is 1. The van der Waals surface area contributed by atoms with Gasteiger partial charge in [0.25, 0.3) is 0 Å². The second kappa shape index (κ2) is 9.15. The Bertz CT molecular complexity index is 642. The second-order valence-corrected chi connectivity index (χ2v) is 11.1. The van der Waals surface area contributed by atoms with E-state index >= 15 is 0 Å². The molecular weight excluding hydrogens is 477 g/mol. The van der Waals surface area contributed by atoms with E-state index in [2.05, 4.69) is 10.2 Å². The maximum Gasteiger partial charge on any atom is 0.194 e. The molecule has 2 saturated heterocycles. The first-order valence-corrected chi connectivity index (χ1v) is 12.1. The Balaban J connectivity index is 0.00000210. The number of methoxy groups -OCH3 is 1. The Labute approximate surface area is 180 Å². The Morgan fingerprint density at radius 2 is 2.04 bits per heavy atom. The van der Waals surface area contributed by atoms with E-state index in [1.54, 1.807) is 7.11 Å². The van der Waals surface area contributed by atoms with Crippen molar-refractivity contribution in [2.45, 2.75) is 44.6 Å². The minimum absolute atomic E-state index is 0. The van der Waals surface area contributed by atoms with Gasteiger partial charge >= 0.3 is 0 Å². The number of hydrogen-bond acceptors (Lipinski definition) is 4. The lowest BCUT2D eigenvalue weighted by molar-refractivity contribution is 0.157. The standard InChI is InChI=1S/C19H33N3O3S.HI/c1-25-12-16-4-6-22(11-16)19(20-10-15-5-7-26(23,24)13-15)21-18-9-14-2-3-17(18)8-14;/h14-18H,2-13H2,1H3,(H,20,21);1H. The lowest BCUT2D eigenvalue weighted by Crippen LogP contribution is -2.47. The maximum atomic E-state index is 11.7. The van der Waals surface area contributed by atoms with Crippen LogP contribution in [0.4, 0.5) is 0 Å². The number of hydrogen-bond donors (Lipinski definition) is 1. The molecule has 5 atom stereocenters. The van der Waals surface area contributed by atoms with Gasteiger partial charge in [0.05, 0.1) is 18.1 Å².